The number of hydrogen-bond donors (Lipinski definition) is 2. The second-order valence-corrected chi connectivity index (χ2v) is 8.92. The van der Waals surface area contributed by atoms with Crippen molar-refractivity contribution in [3.05, 3.63) is 98.1 Å². The zero-order valence-electron chi connectivity index (χ0n) is 18.1. The van der Waals surface area contributed by atoms with Gasteiger partial charge in [-0.2, -0.15) is 0 Å². The van der Waals surface area contributed by atoms with Crippen molar-refractivity contribution in [2.24, 2.45) is 0 Å². The molecule has 0 spiro atoms. The molecule has 3 amide bonds. The van der Waals surface area contributed by atoms with Crippen molar-refractivity contribution in [1.29, 1.82) is 0 Å². The maximum Gasteiger partial charge on any atom is 0.283 e. The van der Waals surface area contributed by atoms with Crippen LogP contribution in [0.3, 0.4) is 0 Å². The first-order valence-corrected chi connectivity index (χ1v) is 11.3. The van der Waals surface area contributed by atoms with Crippen LogP contribution in [0.25, 0.3) is 0 Å². The van der Waals surface area contributed by atoms with Gasteiger partial charge in [0.2, 0.25) is 0 Å². The molecule has 3 aromatic rings. The van der Waals surface area contributed by atoms with Crippen molar-refractivity contribution in [3.63, 3.8) is 0 Å². The molecule has 0 saturated heterocycles. The quantitative estimate of drug-likeness (QED) is 0.392. The van der Waals surface area contributed by atoms with Gasteiger partial charge in [0, 0.05) is 27.0 Å². The van der Waals surface area contributed by atoms with E-state index in [1.807, 2.05) is 19.9 Å². The number of nitrogens with one attached hydrogen (secondary N) is 2. The highest BCUT2D eigenvalue weighted by atomic mass is 35.5. The lowest BCUT2D eigenvalue weighted by atomic mass is 10.1. The zero-order valence-corrected chi connectivity index (χ0v) is 20.3. The highest BCUT2D eigenvalue weighted by molar-refractivity contribution is 6.53. The fourth-order valence-corrected chi connectivity index (χ4v) is 4.26. The van der Waals surface area contributed by atoms with E-state index < -0.39 is 17.7 Å². The van der Waals surface area contributed by atoms with Crippen LogP contribution < -0.4 is 15.5 Å². The number of aryl methyl sites for hydroxylation is 1. The smallest absolute Gasteiger partial charge is 0.283 e. The molecule has 4 rings (SSSR count). The maximum absolute atomic E-state index is 13.1. The Bertz CT molecular complexity index is 1360. The van der Waals surface area contributed by atoms with Gasteiger partial charge in [-0.3, -0.25) is 14.4 Å². The Morgan fingerprint density at radius 1 is 0.824 bits per heavy atom. The minimum atomic E-state index is -0.616. The summed E-state index contributed by atoms with van der Waals surface area (Å²) >= 11 is 18.2. The first-order valence-electron chi connectivity index (χ1n) is 10.1. The molecule has 172 valence electrons. The third-order valence-electron chi connectivity index (χ3n) is 5.36. The number of nitrogens with zero attached hydrogens (tertiary/aromatic N) is 1. The summed E-state index contributed by atoms with van der Waals surface area (Å²) in [5.74, 6) is -1.60. The third kappa shape index (κ3) is 4.66. The number of hydrogen-bond acceptors (Lipinski definition) is 4. The molecule has 0 unspecified atom stereocenters. The fourth-order valence-electron chi connectivity index (χ4n) is 3.52. The summed E-state index contributed by atoms with van der Waals surface area (Å²) in [6.07, 6.45) is 0. The number of amides is 3. The molecule has 0 aliphatic carbocycles. The lowest BCUT2D eigenvalue weighted by Crippen LogP contribution is -2.33. The Morgan fingerprint density at radius 3 is 2.21 bits per heavy atom. The van der Waals surface area contributed by atoms with Crippen LogP contribution in [-0.4, -0.2) is 17.7 Å². The summed E-state index contributed by atoms with van der Waals surface area (Å²) in [7, 11) is 0. The lowest BCUT2D eigenvalue weighted by molar-refractivity contribution is -0.120. The summed E-state index contributed by atoms with van der Waals surface area (Å²) in [4.78, 5) is 39.7. The van der Waals surface area contributed by atoms with Gasteiger partial charge in [-0.05, 0) is 67.4 Å². The van der Waals surface area contributed by atoms with Gasteiger partial charge < -0.3 is 10.6 Å². The Balaban J connectivity index is 1.56. The van der Waals surface area contributed by atoms with Crippen LogP contribution in [0, 0.1) is 13.8 Å². The van der Waals surface area contributed by atoms with Gasteiger partial charge in [-0.15, -0.1) is 0 Å². The van der Waals surface area contributed by atoms with Crippen LogP contribution >= 0.6 is 34.8 Å². The topological polar surface area (TPSA) is 78.5 Å². The van der Waals surface area contributed by atoms with Crippen LogP contribution in [-0.2, 0) is 9.59 Å². The van der Waals surface area contributed by atoms with Crippen LogP contribution in [0.5, 0.6) is 0 Å². The molecule has 0 fully saturated rings. The van der Waals surface area contributed by atoms with E-state index in [0.29, 0.717) is 32.7 Å². The predicted octanol–water partition coefficient (Wildman–Crippen LogP) is 6.30. The molecule has 1 heterocycles. The first kappa shape index (κ1) is 23.8. The second kappa shape index (κ2) is 9.50. The summed E-state index contributed by atoms with van der Waals surface area (Å²) < 4.78 is 0. The predicted molar refractivity (Wildman–Crippen MR) is 136 cm³/mol. The molecule has 34 heavy (non-hydrogen) atoms. The van der Waals surface area contributed by atoms with Crippen molar-refractivity contribution in [3.8, 4) is 0 Å². The number of benzene rings is 3. The molecule has 6 nitrogen and oxygen atoms in total. The van der Waals surface area contributed by atoms with Crippen molar-refractivity contribution < 1.29 is 14.4 Å². The third-order valence-corrected chi connectivity index (χ3v) is 6.15. The van der Waals surface area contributed by atoms with Crippen LogP contribution in [0.2, 0.25) is 10.0 Å². The van der Waals surface area contributed by atoms with E-state index in [1.165, 1.54) is 6.07 Å². The highest BCUT2D eigenvalue weighted by Crippen LogP contribution is 2.33. The Hall–Kier alpha value is -3.32. The molecule has 0 atom stereocenters. The van der Waals surface area contributed by atoms with Gasteiger partial charge in [0.1, 0.15) is 10.7 Å². The summed E-state index contributed by atoms with van der Waals surface area (Å²) in [5, 5.41) is 6.16. The van der Waals surface area contributed by atoms with Crippen molar-refractivity contribution in [2.45, 2.75) is 13.8 Å². The molecular formula is C25H18Cl3N3O3. The SMILES string of the molecule is Cc1cccc(N2C(=O)C(Cl)=C(Nc3cccc(C(=O)Nc4cc(Cl)cc(Cl)c4)c3)C2=O)c1C. The molecule has 9 heteroatoms. The molecular weight excluding hydrogens is 497 g/mol. The molecule has 2 N–H and O–H groups in total. The van der Waals surface area contributed by atoms with Crippen molar-refractivity contribution >= 4 is 69.6 Å². The molecule has 0 radical (unpaired) electrons. The van der Waals surface area contributed by atoms with E-state index in [-0.39, 0.29) is 10.7 Å². The van der Waals surface area contributed by atoms with E-state index in [9.17, 15) is 14.4 Å². The molecule has 0 saturated carbocycles. The fraction of sp³-hybridized carbons (Fsp3) is 0.0800. The number of rotatable bonds is 5. The molecule has 0 aromatic heterocycles. The number of imide groups is 1. The van der Waals surface area contributed by atoms with Gasteiger partial charge >= 0.3 is 0 Å². The molecule has 1 aliphatic heterocycles. The number of carbonyl (C=O) groups is 3. The van der Waals surface area contributed by atoms with E-state index in [4.69, 9.17) is 34.8 Å². The summed E-state index contributed by atoms with van der Waals surface area (Å²) in [6, 6.07) is 16.5. The number of anilines is 3. The Morgan fingerprint density at radius 2 is 1.50 bits per heavy atom. The summed E-state index contributed by atoms with van der Waals surface area (Å²) in [6.45, 7) is 3.73. The van der Waals surface area contributed by atoms with Gasteiger partial charge in [0.25, 0.3) is 17.7 Å². The monoisotopic (exact) mass is 513 g/mol. The van der Waals surface area contributed by atoms with E-state index >= 15 is 0 Å². The van der Waals surface area contributed by atoms with Crippen LogP contribution in [0.4, 0.5) is 17.1 Å². The van der Waals surface area contributed by atoms with Gasteiger partial charge in [-0.1, -0.05) is 53.0 Å². The maximum atomic E-state index is 13.1. The van der Waals surface area contributed by atoms with E-state index in [2.05, 4.69) is 10.6 Å². The minimum absolute atomic E-state index is 0.0632. The Kier molecular flexibility index (Phi) is 6.66. The number of carbonyl (C=O) groups excluding carboxylic acids is 3. The van der Waals surface area contributed by atoms with E-state index in [1.54, 1.807) is 48.5 Å². The standard InChI is InChI=1S/C25H18Cl3N3O3/c1-13-5-3-8-20(14(13)2)31-24(33)21(28)22(25(31)34)29-18-7-4-6-15(9-18)23(32)30-19-11-16(26)10-17(27)12-19/h3-12,29H,1-2H3,(H,30,32). The van der Waals surface area contributed by atoms with Crippen LogP contribution in [0.1, 0.15) is 21.5 Å². The van der Waals surface area contributed by atoms with Crippen molar-refractivity contribution in [1.82, 2.24) is 0 Å². The highest BCUT2D eigenvalue weighted by Gasteiger charge is 2.39. The molecule has 0 bridgehead atoms. The van der Waals surface area contributed by atoms with Gasteiger partial charge in [-0.25, -0.2) is 4.90 Å². The average molecular weight is 515 g/mol. The zero-order chi connectivity index (χ0) is 24.6. The Labute approximate surface area is 211 Å². The first-order chi connectivity index (χ1) is 16.2. The summed E-state index contributed by atoms with van der Waals surface area (Å²) in [5.41, 5.74) is 3.30. The van der Waals surface area contributed by atoms with Gasteiger partial charge in [0.15, 0.2) is 0 Å². The molecule has 1 aliphatic rings. The normalized spacial score (nSPS) is 13.5. The van der Waals surface area contributed by atoms with E-state index in [0.717, 1.165) is 16.0 Å². The lowest BCUT2D eigenvalue weighted by Gasteiger charge is -2.18. The second-order valence-electron chi connectivity index (χ2n) is 7.67. The van der Waals surface area contributed by atoms with Crippen molar-refractivity contribution in [2.75, 3.05) is 15.5 Å². The molecule has 3 aromatic carbocycles. The minimum Gasteiger partial charge on any atom is -0.350 e. The van der Waals surface area contributed by atoms with Gasteiger partial charge in [0.05, 0.1) is 5.69 Å². The average Bonchev–Trinajstić information content (AvgIpc) is 2.98. The van der Waals surface area contributed by atoms with Crippen LogP contribution in [0.15, 0.2) is 71.4 Å². The largest absolute Gasteiger partial charge is 0.350 e. The number of halogens is 3.